The first-order valence-corrected chi connectivity index (χ1v) is 6.20. The van der Waals surface area contributed by atoms with E-state index in [2.05, 4.69) is 10.1 Å². The fraction of sp³-hybridized carbons (Fsp3) is 0.750. The average molecular weight is 236 g/mol. The molecule has 17 heavy (non-hydrogen) atoms. The van der Waals surface area contributed by atoms with Gasteiger partial charge in [-0.2, -0.15) is 4.98 Å². The van der Waals surface area contributed by atoms with Crippen molar-refractivity contribution in [3.05, 3.63) is 11.7 Å². The lowest BCUT2D eigenvalue weighted by molar-refractivity contribution is -0.119. The molecule has 1 aliphatic carbocycles. The summed E-state index contributed by atoms with van der Waals surface area (Å²) in [6.45, 7) is 2.72. The molecule has 1 aromatic rings. The van der Waals surface area contributed by atoms with E-state index >= 15 is 0 Å². The minimum Gasteiger partial charge on any atom is -0.367 e. The Morgan fingerprint density at radius 3 is 2.94 bits per heavy atom. The van der Waals surface area contributed by atoms with Gasteiger partial charge in [-0.3, -0.25) is 4.79 Å². The Hall–Kier alpha value is -1.23. The van der Waals surface area contributed by atoms with Crippen LogP contribution in [0.15, 0.2) is 4.52 Å². The monoisotopic (exact) mass is 236 g/mol. The molecule has 0 N–H and O–H groups in total. The van der Waals surface area contributed by atoms with Crippen LogP contribution in [0.2, 0.25) is 0 Å². The molecule has 5 heteroatoms. The molecule has 2 heterocycles. The quantitative estimate of drug-likeness (QED) is 0.785. The van der Waals surface area contributed by atoms with Crippen LogP contribution < -0.4 is 0 Å². The highest BCUT2D eigenvalue weighted by Gasteiger charge is 2.38. The molecule has 3 rings (SSSR count). The summed E-state index contributed by atoms with van der Waals surface area (Å²) in [6, 6.07) is 0. The molecule has 2 unspecified atom stereocenters. The molecule has 92 valence electrons. The fourth-order valence-electron chi connectivity index (χ4n) is 2.62. The molecule has 0 aromatic carbocycles. The normalized spacial score (nSPS) is 33.5. The van der Waals surface area contributed by atoms with E-state index in [0.717, 1.165) is 32.3 Å². The number of ketones is 1. The highest BCUT2D eigenvalue weighted by atomic mass is 16.5. The van der Waals surface area contributed by atoms with E-state index in [1.807, 2.05) is 6.92 Å². The molecule has 0 spiro atoms. The molecule has 2 fully saturated rings. The SMILES string of the molecule is CC1(c2noc(C3CCCC3=O)n2)CCCO1. The Bertz CT molecular complexity index is 435. The van der Waals surface area contributed by atoms with E-state index in [1.54, 1.807) is 0 Å². The highest BCUT2D eigenvalue weighted by molar-refractivity contribution is 5.86. The molecule has 5 nitrogen and oxygen atoms in total. The summed E-state index contributed by atoms with van der Waals surface area (Å²) in [7, 11) is 0. The summed E-state index contributed by atoms with van der Waals surface area (Å²) >= 11 is 0. The second-order valence-corrected chi connectivity index (χ2v) is 5.05. The van der Waals surface area contributed by atoms with Crippen LogP contribution in [-0.4, -0.2) is 22.5 Å². The van der Waals surface area contributed by atoms with Crippen molar-refractivity contribution in [1.29, 1.82) is 0 Å². The van der Waals surface area contributed by atoms with E-state index in [0.29, 0.717) is 18.1 Å². The standard InChI is InChI=1S/C12H16N2O3/c1-12(6-3-7-16-12)11-13-10(17-14-11)8-4-2-5-9(8)15/h8H,2-7H2,1H3. The molecule has 2 atom stereocenters. The van der Waals surface area contributed by atoms with E-state index in [-0.39, 0.29) is 11.7 Å². The van der Waals surface area contributed by atoms with Gasteiger partial charge in [0, 0.05) is 13.0 Å². The van der Waals surface area contributed by atoms with Crippen molar-refractivity contribution in [3.8, 4) is 0 Å². The highest BCUT2D eigenvalue weighted by Crippen LogP contribution is 2.36. The van der Waals surface area contributed by atoms with Crippen LogP contribution in [0.1, 0.15) is 56.7 Å². The van der Waals surface area contributed by atoms with Gasteiger partial charge in [-0.15, -0.1) is 0 Å². The third kappa shape index (κ3) is 1.78. The molecule has 0 radical (unpaired) electrons. The number of nitrogens with zero attached hydrogens (tertiary/aromatic N) is 2. The zero-order valence-corrected chi connectivity index (χ0v) is 9.94. The van der Waals surface area contributed by atoms with Crippen LogP contribution in [0.3, 0.4) is 0 Å². The van der Waals surface area contributed by atoms with Gasteiger partial charge in [0.1, 0.15) is 11.4 Å². The topological polar surface area (TPSA) is 65.2 Å². The Balaban J connectivity index is 1.85. The first kappa shape index (κ1) is 10.9. The number of carbonyl (C=O) groups excluding carboxylic acids is 1. The first-order chi connectivity index (χ1) is 8.19. The van der Waals surface area contributed by atoms with Crippen molar-refractivity contribution in [2.75, 3.05) is 6.61 Å². The van der Waals surface area contributed by atoms with E-state index in [1.165, 1.54) is 0 Å². The van der Waals surface area contributed by atoms with Crippen LogP contribution in [-0.2, 0) is 15.1 Å². The van der Waals surface area contributed by atoms with Crippen molar-refractivity contribution in [2.45, 2.75) is 50.5 Å². The van der Waals surface area contributed by atoms with Crippen molar-refractivity contribution < 1.29 is 14.1 Å². The van der Waals surface area contributed by atoms with Crippen molar-refractivity contribution in [2.24, 2.45) is 0 Å². The molecule has 0 bridgehead atoms. The van der Waals surface area contributed by atoms with Gasteiger partial charge in [0.25, 0.3) is 0 Å². The summed E-state index contributed by atoms with van der Waals surface area (Å²) in [5.41, 5.74) is -0.427. The Kier molecular flexibility index (Phi) is 2.50. The Morgan fingerprint density at radius 1 is 1.41 bits per heavy atom. The van der Waals surface area contributed by atoms with Crippen LogP contribution in [0.4, 0.5) is 0 Å². The smallest absolute Gasteiger partial charge is 0.237 e. The third-order valence-corrected chi connectivity index (χ3v) is 3.74. The summed E-state index contributed by atoms with van der Waals surface area (Å²) in [4.78, 5) is 16.0. The van der Waals surface area contributed by atoms with E-state index in [4.69, 9.17) is 9.26 Å². The number of Topliss-reactive ketones (excluding diaryl/α,β-unsaturated/α-hetero) is 1. The summed E-state index contributed by atoms with van der Waals surface area (Å²) < 4.78 is 10.9. The van der Waals surface area contributed by atoms with Crippen molar-refractivity contribution in [1.82, 2.24) is 10.1 Å². The van der Waals surface area contributed by atoms with Gasteiger partial charge in [-0.1, -0.05) is 5.16 Å². The maximum Gasteiger partial charge on any atom is 0.237 e. The molecular formula is C12H16N2O3. The maximum absolute atomic E-state index is 11.6. The summed E-state index contributed by atoms with van der Waals surface area (Å²) in [6.07, 6.45) is 4.32. The van der Waals surface area contributed by atoms with Gasteiger partial charge in [-0.05, 0) is 32.6 Å². The van der Waals surface area contributed by atoms with E-state index in [9.17, 15) is 4.79 Å². The number of hydrogen-bond donors (Lipinski definition) is 0. The number of hydrogen-bond acceptors (Lipinski definition) is 5. The molecule has 1 aromatic heterocycles. The third-order valence-electron chi connectivity index (χ3n) is 3.74. The van der Waals surface area contributed by atoms with Gasteiger partial charge in [0.15, 0.2) is 0 Å². The van der Waals surface area contributed by atoms with Crippen LogP contribution in [0.25, 0.3) is 0 Å². The number of rotatable bonds is 2. The van der Waals surface area contributed by atoms with Gasteiger partial charge in [-0.25, -0.2) is 0 Å². The molecule has 1 saturated heterocycles. The van der Waals surface area contributed by atoms with Crippen molar-refractivity contribution in [3.63, 3.8) is 0 Å². The Labute approximate surface area is 99.5 Å². The second kappa shape index (κ2) is 3.91. The lowest BCUT2D eigenvalue weighted by atomic mass is 10.0. The molecular weight excluding hydrogens is 220 g/mol. The fourth-order valence-corrected chi connectivity index (χ4v) is 2.62. The van der Waals surface area contributed by atoms with Crippen LogP contribution in [0, 0.1) is 0 Å². The van der Waals surface area contributed by atoms with Gasteiger partial charge in [0.05, 0.1) is 5.92 Å². The predicted octanol–water partition coefficient (Wildman–Crippen LogP) is 1.93. The predicted molar refractivity (Wildman–Crippen MR) is 58.4 cm³/mol. The van der Waals surface area contributed by atoms with Crippen molar-refractivity contribution >= 4 is 5.78 Å². The molecule has 1 aliphatic heterocycles. The molecule has 0 amide bonds. The van der Waals surface area contributed by atoms with Crippen LogP contribution in [0.5, 0.6) is 0 Å². The number of aromatic nitrogens is 2. The summed E-state index contributed by atoms with van der Waals surface area (Å²) in [5.74, 6) is 1.10. The molecule has 2 aliphatic rings. The van der Waals surface area contributed by atoms with Crippen LogP contribution >= 0.6 is 0 Å². The van der Waals surface area contributed by atoms with Gasteiger partial charge in [0.2, 0.25) is 11.7 Å². The second-order valence-electron chi connectivity index (χ2n) is 5.05. The minimum atomic E-state index is -0.427. The lowest BCUT2D eigenvalue weighted by Gasteiger charge is -2.17. The largest absolute Gasteiger partial charge is 0.367 e. The minimum absolute atomic E-state index is 0.179. The number of ether oxygens (including phenoxy) is 1. The van der Waals surface area contributed by atoms with E-state index < -0.39 is 5.60 Å². The molecule has 1 saturated carbocycles. The maximum atomic E-state index is 11.6. The average Bonchev–Trinajstić information content (AvgIpc) is 2.97. The number of carbonyl (C=O) groups is 1. The zero-order chi connectivity index (χ0) is 11.9. The Morgan fingerprint density at radius 2 is 2.29 bits per heavy atom. The zero-order valence-electron chi connectivity index (χ0n) is 9.94. The van der Waals surface area contributed by atoms with Gasteiger partial charge >= 0.3 is 0 Å². The van der Waals surface area contributed by atoms with Gasteiger partial charge < -0.3 is 9.26 Å². The summed E-state index contributed by atoms with van der Waals surface area (Å²) in [5, 5.41) is 3.99. The first-order valence-electron chi connectivity index (χ1n) is 6.20. The lowest BCUT2D eigenvalue weighted by Crippen LogP contribution is -2.21.